The molecule has 0 saturated heterocycles. The first kappa shape index (κ1) is 24.3. The Balaban J connectivity index is 1.44. The summed E-state index contributed by atoms with van der Waals surface area (Å²) < 4.78 is 14.8. The van der Waals surface area contributed by atoms with E-state index in [1.165, 1.54) is 18.4 Å². The Morgan fingerprint density at radius 2 is 1.09 bits per heavy atom. The normalized spacial score (nSPS) is 10.4. The van der Waals surface area contributed by atoms with E-state index in [1.807, 2.05) is 54.6 Å². The Morgan fingerprint density at radius 3 is 1.69 bits per heavy atom. The molecule has 0 bridgehead atoms. The summed E-state index contributed by atoms with van der Waals surface area (Å²) in [5.74, 6) is 12.8. The molecular formula is C34H31F. The largest absolute Gasteiger partial charge is 0.206 e. The van der Waals surface area contributed by atoms with Crippen LogP contribution < -0.4 is 0 Å². The maximum atomic E-state index is 14.8. The van der Waals surface area contributed by atoms with Gasteiger partial charge in [0.2, 0.25) is 0 Å². The number of unbranched alkanes of at least 4 members (excludes halogenated alkanes) is 2. The summed E-state index contributed by atoms with van der Waals surface area (Å²) in [5, 5.41) is 1.56. The van der Waals surface area contributed by atoms with Crippen LogP contribution in [0.1, 0.15) is 72.9 Å². The summed E-state index contributed by atoms with van der Waals surface area (Å²) in [6.45, 7) is 4.34. The van der Waals surface area contributed by atoms with Gasteiger partial charge in [0.25, 0.3) is 0 Å². The van der Waals surface area contributed by atoms with Crippen molar-refractivity contribution >= 4 is 10.8 Å². The number of fused-ring (bicyclic) bond motifs is 1. The molecule has 0 heterocycles. The minimum atomic E-state index is -0.0976. The van der Waals surface area contributed by atoms with Gasteiger partial charge in [0.1, 0.15) is 5.82 Å². The van der Waals surface area contributed by atoms with E-state index >= 15 is 0 Å². The summed E-state index contributed by atoms with van der Waals surface area (Å²) in [6.07, 6.45) is 6.41. The van der Waals surface area contributed by atoms with Crippen LogP contribution in [0.3, 0.4) is 0 Å². The predicted octanol–water partition coefficient (Wildman–Crippen LogP) is 8.46. The highest BCUT2D eigenvalue weighted by Gasteiger charge is 2.07. The maximum Gasteiger partial charge on any atom is 0.134 e. The molecule has 0 unspecified atom stereocenters. The number of hydrogen-bond donors (Lipinski definition) is 0. The summed E-state index contributed by atoms with van der Waals surface area (Å²) in [7, 11) is 0. The molecule has 4 aromatic carbocycles. The monoisotopic (exact) mass is 458 g/mol. The average molecular weight is 459 g/mol. The second-order valence-corrected chi connectivity index (χ2v) is 8.96. The molecule has 0 aromatic heterocycles. The highest BCUT2D eigenvalue weighted by atomic mass is 19.1. The van der Waals surface area contributed by atoms with Crippen LogP contribution in [-0.4, -0.2) is 0 Å². The molecular weight excluding hydrogens is 427 g/mol. The van der Waals surface area contributed by atoms with Crippen LogP contribution >= 0.6 is 0 Å². The third-order valence-corrected chi connectivity index (χ3v) is 6.19. The van der Waals surface area contributed by atoms with Crippen LogP contribution in [0, 0.1) is 29.5 Å². The molecule has 0 saturated carbocycles. The molecule has 0 aliphatic rings. The van der Waals surface area contributed by atoms with E-state index in [1.54, 1.807) is 0 Å². The van der Waals surface area contributed by atoms with Crippen molar-refractivity contribution in [2.45, 2.75) is 52.4 Å². The van der Waals surface area contributed by atoms with Crippen LogP contribution in [0.15, 0.2) is 78.9 Å². The van der Waals surface area contributed by atoms with Crippen molar-refractivity contribution in [2.75, 3.05) is 0 Å². The lowest BCUT2D eigenvalue weighted by Gasteiger charge is -2.06. The topological polar surface area (TPSA) is 0 Å². The van der Waals surface area contributed by atoms with E-state index in [0.29, 0.717) is 5.39 Å². The number of benzene rings is 4. The Hall–Kier alpha value is -3.81. The molecule has 0 spiro atoms. The smallest absolute Gasteiger partial charge is 0.134 e. The van der Waals surface area contributed by atoms with Crippen LogP contribution in [0.4, 0.5) is 4.39 Å². The van der Waals surface area contributed by atoms with Gasteiger partial charge < -0.3 is 0 Å². The lowest BCUT2D eigenvalue weighted by molar-refractivity contribution is 0.614. The first-order valence-electron chi connectivity index (χ1n) is 12.6. The Morgan fingerprint density at radius 1 is 0.571 bits per heavy atom. The zero-order valence-corrected chi connectivity index (χ0v) is 20.6. The van der Waals surface area contributed by atoms with Crippen LogP contribution in [0.25, 0.3) is 10.8 Å². The standard InChI is InChI=1S/C34H31F/c1-3-5-7-26-9-11-27(12-10-26)13-14-28-15-17-29(18-16-28)19-20-30-21-24-33-32(25-30)23-22-31(34(33)35)8-6-4-2/h9-12,15-18,21-25H,3-8H2,1-2H3. The van der Waals surface area contributed by atoms with Crippen molar-refractivity contribution < 1.29 is 4.39 Å². The minimum Gasteiger partial charge on any atom is -0.206 e. The quantitative estimate of drug-likeness (QED) is 0.254. The van der Waals surface area contributed by atoms with Crippen molar-refractivity contribution in [3.8, 4) is 23.7 Å². The maximum absolute atomic E-state index is 14.8. The molecule has 0 nitrogen and oxygen atoms in total. The zero-order valence-electron chi connectivity index (χ0n) is 20.6. The van der Waals surface area contributed by atoms with Crippen LogP contribution in [-0.2, 0) is 12.8 Å². The lowest BCUT2D eigenvalue weighted by atomic mass is 10.0. The predicted molar refractivity (Wildman–Crippen MR) is 146 cm³/mol. The second kappa shape index (κ2) is 12.1. The molecule has 0 radical (unpaired) electrons. The van der Waals surface area contributed by atoms with E-state index in [9.17, 15) is 4.39 Å². The van der Waals surface area contributed by atoms with Gasteiger partial charge in [-0.15, -0.1) is 0 Å². The number of halogens is 1. The Kier molecular flexibility index (Phi) is 8.38. The molecule has 0 aliphatic heterocycles. The molecule has 35 heavy (non-hydrogen) atoms. The van der Waals surface area contributed by atoms with Gasteiger partial charge in [-0.1, -0.05) is 80.7 Å². The van der Waals surface area contributed by atoms with E-state index in [-0.39, 0.29) is 5.82 Å². The zero-order chi connectivity index (χ0) is 24.5. The van der Waals surface area contributed by atoms with Crippen molar-refractivity contribution in [3.63, 3.8) is 0 Å². The molecule has 0 N–H and O–H groups in total. The van der Waals surface area contributed by atoms with E-state index in [4.69, 9.17) is 0 Å². The van der Waals surface area contributed by atoms with Crippen molar-refractivity contribution in [1.29, 1.82) is 0 Å². The van der Waals surface area contributed by atoms with Gasteiger partial charge in [0.15, 0.2) is 0 Å². The van der Waals surface area contributed by atoms with E-state index < -0.39 is 0 Å². The highest BCUT2D eigenvalue weighted by Crippen LogP contribution is 2.23. The Labute approximate surface area is 209 Å². The Bertz CT molecular complexity index is 1400. The fraction of sp³-hybridized carbons (Fsp3) is 0.235. The molecule has 174 valence electrons. The highest BCUT2D eigenvalue weighted by molar-refractivity contribution is 5.85. The van der Waals surface area contributed by atoms with Gasteiger partial charge in [-0.25, -0.2) is 4.39 Å². The average Bonchev–Trinajstić information content (AvgIpc) is 2.90. The van der Waals surface area contributed by atoms with Gasteiger partial charge >= 0.3 is 0 Å². The van der Waals surface area contributed by atoms with Gasteiger partial charge in [-0.2, -0.15) is 0 Å². The first-order valence-corrected chi connectivity index (χ1v) is 12.6. The van der Waals surface area contributed by atoms with Crippen molar-refractivity contribution in [2.24, 2.45) is 0 Å². The second-order valence-electron chi connectivity index (χ2n) is 8.96. The lowest BCUT2D eigenvalue weighted by Crippen LogP contribution is -1.92. The molecule has 1 heteroatoms. The molecule has 0 atom stereocenters. The third-order valence-electron chi connectivity index (χ3n) is 6.19. The molecule has 4 aromatic rings. The van der Waals surface area contributed by atoms with E-state index in [2.05, 4.69) is 61.8 Å². The molecule has 0 aliphatic carbocycles. The summed E-state index contributed by atoms with van der Waals surface area (Å²) >= 11 is 0. The number of aryl methyl sites for hydroxylation is 2. The summed E-state index contributed by atoms with van der Waals surface area (Å²) in [6, 6.07) is 26.1. The van der Waals surface area contributed by atoms with Gasteiger partial charge in [0.05, 0.1) is 0 Å². The summed E-state index contributed by atoms with van der Waals surface area (Å²) in [5.41, 5.74) is 5.96. The molecule has 0 fully saturated rings. The third kappa shape index (κ3) is 6.62. The van der Waals surface area contributed by atoms with Crippen LogP contribution in [0.2, 0.25) is 0 Å². The van der Waals surface area contributed by atoms with Gasteiger partial charge in [-0.3, -0.25) is 0 Å². The molecule has 4 rings (SSSR count). The van der Waals surface area contributed by atoms with E-state index in [0.717, 1.165) is 58.9 Å². The van der Waals surface area contributed by atoms with Crippen molar-refractivity contribution in [1.82, 2.24) is 0 Å². The minimum absolute atomic E-state index is 0.0976. The SMILES string of the molecule is CCCCc1ccc(C#Cc2ccc(C#Cc3ccc4c(F)c(CCCC)ccc4c3)cc2)cc1. The van der Waals surface area contributed by atoms with Crippen molar-refractivity contribution in [3.05, 3.63) is 118 Å². The number of rotatable bonds is 6. The fourth-order valence-electron chi connectivity index (χ4n) is 4.04. The van der Waals surface area contributed by atoms with Gasteiger partial charge in [0, 0.05) is 27.6 Å². The number of hydrogen-bond acceptors (Lipinski definition) is 0. The molecule has 0 amide bonds. The first-order chi connectivity index (χ1) is 17.2. The van der Waals surface area contributed by atoms with Crippen LogP contribution in [0.5, 0.6) is 0 Å². The summed E-state index contributed by atoms with van der Waals surface area (Å²) in [4.78, 5) is 0. The van der Waals surface area contributed by atoms with Gasteiger partial charge in [-0.05, 0) is 90.7 Å². The fourth-order valence-corrected chi connectivity index (χ4v) is 4.04.